The van der Waals surface area contributed by atoms with Gasteiger partial charge in [0.25, 0.3) is 0 Å². The highest BCUT2D eigenvalue weighted by Gasteiger charge is 2.25. The van der Waals surface area contributed by atoms with Gasteiger partial charge in [0.1, 0.15) is 19.0 Å². The van der Waals surface area contributed by atoms with Crippen molar-refractivity contribution < 1.29 is 14.6 Å². The molecule has 2 aliphatic heterocycles. The monoisotopic (exact) mass is 283 g/mol. The second-order valence-corrected chi connectivity index (χ2v) is 5.51. The van der Waals surface area contributed by atoms with Crippen molar-refractivity contribution in [2.45, 2.75) is 19.3 Å². The van der Waals surface area contributed by atoms with Crippen LogP contribution in [0, 0.1) is 5.92 Å². The van der Waals surface area contributed by atoms with Crippen LogP contribution in [0.25, 0.3) is 0 Å². The zero-order valence-corrected chi connectivity index (χ0v) is 11.5. The number of nitrogens with one attached hydrogen (secondary N) is 1. The molecule has 0 amide bonds. The maximum atomic E-state index is 9.90. The summed E-state index contributed by atoms with van der Waals surface area (Å²) < 4.78 is 11.2. The molecule has 1 fully saturated rings. The van der Waals surface area contributed by atoms with Crippen LogP contribution in [0.3, 0.4) is 0 Å². The molecule has 0 spiro atoms. The van der Waals surface area contributed by atoms with E-state index in [2.05, 4.69) is 5.32 Å². The highest BCUT2D eigenvalue weighted by Crippen LogP contribution is 2.44. The van der Waals surface area contributed by atoms with Crippen LogP contribution in [-0.4, -0.2) is 31.4 Å². The SMILES string of the molecule is Oc1cc2c(c(CC3CCCNC3)c1Cl)OCCO2. The first-order valence-electron chi connectivity index (χ1n) is 6.76. The molecule has 2 heterocycles. The zero-order valence-electron chi connectivity index (χ0n) is 10.7. The lowest BCUT2D eigenvalue weighted by Crippen LogP contribution is -2.31. The molecular formula is C14H18ClNO3. The molecule has 1 atom stereocenters. The van der Waals surface area contributed by atoms with Crippen molar-refractivity contribution in [1.29, 1.82) is 0 Å². The first kappa shape index (κ1) is 12.9. The summed E-state index contributed by atoms with van der Waals surface area (Å²) in [5, 5.41) is 13.7. The van der Waals surface area contributed by atoms with Crippen LogP contribution in [0.5, 0.6) is 17.2 Å². The van der Waals surface area contributed by atoms with Gasteiger partial charge in [-0.05, 0) is 38.3 Å². The first-order valence-corrected chi connectivity index (χ1v) is 7.14. The number of rotatable bonds is 2. The van der Waals surface area contributed by atoms with E-state index in [1.165, 1.54) is 12.8 Å². The Bertz CT molecular complexity index is 472. The number of ether oxygens (including phenoxy) is 2. The van der Waals surface area contributed by atoms with Crippen LogP contribution in [0.15, 0.2) is 6.07 Å². The largest absolute Gasteiger partial charge is 0.506 e. The lowest BCUT2D eigenvalue weighted by molar-refractivity contribution is 0.168. The predicted octanol–water partition coefficient (Wildman–Crippen LogP) is 2.36. The summed E-state index contributed by atoms with van der Waals surface area (Å²) >= 11 is 6.24. The van der Waals surface area contributed by atoms with Gasteiger partial charge in [0, 0.05) is 11.6 Å². The van der Waals surface area contributed by atoms with E-state index in [9.17, 15) is 5.11 Å². The van der Waals surface area contributed by atoms with Gasteiger partial charge in [-0.25, -0.2) is 0 Å². The van der Waals surface area contributed by atoms with E-state index in [4.69, 9.17) is 21.1 Å². The van der Waals surface area contributed by atoms with Crippen molar-refractivity contribution in [3.8, 4) is 17.2 Å². The Morgan fingerprint density at radius 3 is 3.00 bits per heavy atom. The maximum absolute atomic E-state index is 9.90. The Kier molecular flexibility index (Phi) is 3.71. The van der Waals surface area contributed by atoms with Gasteiger partial charge in [0.2, 0.25) is 0 Å². The molecule has 0 aliphatic carbocycles. The number of phenolic OH excluding ortho intramolecular Hbond substituents is 1. The predicted molar refractivity (Wildman–Crippen MR) is 73.4 cm³/mol. The first-order chi connectivity index (χ1) is 9.25. The molecule has 1 aromatic rings. The average Bonchev–Trinajstić information content (AvgIpc) is 2.45. The van der Waals surface area contributed by atoms with Crippen LogP contribution in [0.2, 0.25) is 5.02 Å². The number of benzene rings is 1. The van der Waals surface area contributed by atoms with Gasteiger partial charge < -0.3 is 19.9 Å². The lowest BCUT2D eigenvalue weighted by Gasteiger charge is -2.27. The smallest absolute Gasteiger partial charge is 0.166 e. The fourth-order valence-corrected chi connectivity index (χ4v) is 3.00. The van der Waals surface area contributed by atoms with Crippen LogP contribution in [-0.2, 0) is 6.42 Å². The second kappa shape index (κ2) is 5.47. The molecule has 19 heavy (non-hydrogen) atoms. The number of phenols is 1. The Morgan fingerprint density at radius 2 is 2.21 bits per heavy atom. The van der Waals surface area contributed by atoms with Crippen LogP contribution in [0.4, 0.5) is 0 Å². The highest BCUT2D eigenvalue weighted by molar-refractivity contribution is 6.33. The molecule has 0 aromatic heterocycles. The fourth-order valence-electron chi connectivity index (χ4n) is 2.79. The number of fused-ring (bicyclic) bond motifs is 1. The summed E-state index contributed by atoms with van der Waals surface area (Å²) in [6.07, 6.45) is 3.17. The molecule has 0 saturated carbocycles. The Labute approximate surface area is 117 Å². The maximum Gasteiger partial charge on any atom is 0.166 e. The molecule has 2 N–H and O–H groups in total. The van der Waals surface area contributed by atoms with Crippen LogP contribution < -0.4 is 14.8 Å². The summed E-state index contributed by atoms with van der Waals surface area (Å²) in [4.78, 5) is 0. The molecule has 104 valence electrons. The molecule has 0 bridgehead atoms. The van der Waals surface area contributed by atoms with E-state index >= 15 is 0 Å². The minimum absolute atomic E-state index is 0.0738. The molecule has 2 aliphatic rings. The minimum atomic E-state index is 0.0738. The van der Waals surface area contributed by atoms with E-state index in [1.807, 2.05) is 0 Å². The van der Waals surface area contributed by atoms with Crippen molar-refractivity contribution in [2.24, 2.45) is 5.92 Å². The minimum Gasteiger partial charge on any atom is -0.506 e. The number of halogens is 1. The van der Waals surface area contributed by atoms with Crippen molar-refractivity contribution in [2.75, 3.05) is 26.3 Å². The van der Waals surface area contributed by atoms with Crippen molar-refractivity contribution >= 4 is 11.6 Å². The summed E-state index contributed by atoms with van der Waals surface area (Å²) in [7, 11) is 0. The Balaban J connectivity index is 1.91. The standard InChI is InChI=1S/C14H18ClNO3/c15-13-10(6-9-2-1-3-16-8-9)14-12(7-11(13)17)18-4-5-19-14/h7,9,16-17H,1-6,8H2. The van der Waals surface area contributed by atoms with Gasteiger partial charge in [-0.1, -0.05) is 11.6 Å². The van der Waals surface area contributed by atoms with Crippen LogP contribution >= 0.6 is 11.6 Å². The van der Waals surface area contributed by atoms with Gasteiger partial charge in [-0.3, -0.25) is 0 Å². The Hall–Kier alpha value is -1.13. The zero-order chi connectivity index (χ0) is 13.2. The van der Waals surface area contributed by atoms with Crippen molar-refractivity contribution in [1.82, 2.24) is 5.32 Å². The molecule has 5 heteroatoms. The van der Waals surface area contributed by atoms with Gasteiger partial charge >= 0.3 is 0 Å². The average molecular weight is 284 g/mol. The highest BCUT2D eigenvalue weighted by atomic mass is 35.5. The van der Waals surface area contributed by atoms with Gasteiger partial charge in [-0.15, -0.1) is 0 Å². The number of hydrogen-bond donors (Lipinski definition) is 2. The molecule has 3 rings (SSSR count). The van der Waals surface area contributed by atoms with E-state index < -0.39 is 0 Å². The summed E-state index contributed by atoms with van der Waals surface area (Å²) in [5.41, 5.74) is 0.880. The van der Waals surface area contributed by atoms with Crippen molar-refractivity contribution in [3.05, 3.63) is 16.7 Å². The van der Waals surface area contributed by atoms with Gasteiger partial charge in [-0.2, -0.15) is 0 Å². The normalized spacial score (nSPS) is 22.3. The molecule has 0 radical (unpaired) electrons. The van der Waals surface area contributed by atoms with E-state index in [0.29, 0.717) is 35.7 Å². The molecule has 4 nitrogen and oxygen atoms in total. The van der Waals surface area contributed by atoms with E-state index in [1.54, 1.807) is 6.07 Å². The number of hydrogen-bond acceptors (Lipinski definition) is 4. The topological polar surface area (TPSA) is 50.7 Å². The van der Waals surface area contributed by atoms with E-state index in [-0.39, 0.29) is 5.75 Å². The number of piperidine rings is 1. The van der Waals surface area contributed by atoms with Crippen molar-refractivity contribution in [3.63, 3.8) is 0 Å². The number of aromatic hydroxyl groups is 1. The molecular weight excluding hydrogens is 266 g/mol. The Morgan fingerprint density at radius 1 is 1.37 bits per heavy atom. The third-order valence-electron chi connectivity index (χ3n) is 3.73. The van der Waals surface area contributed by atoms with Crippen LogP contribution in [0.1, 0.15) is 18.4 Å². The fraction of sp³-hybridized carbons (Fsp3) is 0.571. The second-order valence-electron chi connectivity index (χ2n) is 5.13. The summed E-state index contributed by atoms with van der Waals surface area (Å²) in [6.45, 7) is 3.12. The molecule has 1 unspecified atom stereocenters. The summed E-state index contributed by atoms with van der Waals surface area (Å²) in [5.74, 6) is 1.92. The van der Waals surface area contributed by atoms with Gasteiger partial charge in [0.15, 0.2) is 11.5 Å². The quantitative estimate of drug-likeness (QED) is 0.875. The third kappa shape index (κ3) is 2.60. The molecule has 1 aromatic carbocycles. The third-order valence-corrected chi connectivity index (χ3v) is 4.16. The lowest BCUT2D eigenvalue weighted by atomic mass is 9.91. The summed E-state index contributed by atoms with van der Waals surface area (Å²) in [6, 6.07) is 1.54. The van der Waals surface area contributed by atoms with Gasteiger partial charge in [0.05, 0.1) is 5.02 Å². The van der Waals surface area contributed by atoms with E-state index in [0.717, 1.165) is 25.1 Å². The molecule has 1 saturated heterocycles.